The Morgan fingerprint density at radius 2 is 1.00 bits per heavy atom. The molecule has 0 heterocycles. The van der Waals surface area contributed by atoms with Gasteiger partial charge in [0.25, 0.3) is 0 Å². The number of rotatable bonds is 10. The van der Waals surface area contributed by atoms with Crippen LogP contribution in [0.15, 0.2) is 72.8 Å². The average Bonchev–Trinajstić information content (AvgIpc) is 3.09. The first kappa shape index (κ1) is 45.3. The molecule has 54 heavy (non-hydrogen) atoms. The summed E-state index contributed by atoms with van der Waals surface area (Å²) in [6.45, 7) is 14.8. The van der Waals surface area contributed by atoms with Crippen LogP contribution in [-0.4, -0.2) is 32.2 Å². The number of alkyl halides is 3. The molecule has 4 aromatic carbocycles. The highest BCUT2D eigenvalue weighted by Crippen LogP contribution is 2.44. The average molecular weight is 863 g/mol. The van der Waals surface area contributed by atoms with Gasteiger partial charge in [0.2, 0.25) is 0 Å². The summed E-state index contributed by atoms with van der Waals surface area (Å²) in [6, 6.07) is 20.3. The molecule has 0 unspecified atom stereocenters. The first-order valence-corrected chi connectivity index (χ1v) is 23.5. The summed E-state index contributed by atoms with van der Waals surface area (Å²) in [6.07, 6.45) is 2.98. The molecule has 0 bridgehead atoms. The van der Waals surface area contributed by atoms with Crippen LogP contribution in [0.1, 0.15) is 81.2 Å². The van der Waals surface area contributed by atoms with Crippen LogP contribution in [0.4, 0.5) is 13.2 Å². The van der Waals surface area contributed by atoms with Gasteiger partial charge in [-0.1, -0.05) is 124 Å². The minimum atomic E-state index is -5.82. The van der Waals surface area contributed by atoms with Crippen molar-refractivity contribution in [2.24, 2.45) is 0 Å². The fourth-order valence-electron chi connectivity index (χ4n) is 6.28. The van der Waals surface area contributed by atoms with Crippen molar-refractivity contribution in [1.29, 1.82) is 0 Å². The Hall–Kier alpha value is -3.04. The van der Waals surface area contributed by atoms with E-state index >= 15 is 0 Å². The standard InChI is InChI=1S/C22H26Cl2OSi.C18H17Cl2F3O4S/c1-6-22(7-2,18-10-11-21(25)20(24)15-18)17-9-8-16(19(23)14-17)12-13-26(3,4)5;1-3-17(4-2,11-5-7-15(24)13(19)9-11)12-6-8-16(14(20)10-12)27-28(25,26)18(21,22)23/h8-11,14-15,25H,6-7H2,1-5H3;5-10,24H,3-4H2,1-2H3. The second kappa shape index (κ2) is 17.8. The number of phenolic OH excluding ortho intramolecular Hbond substituents is 2. The highest BCUT2D eigenvalue weighted by Gasteiger charge is 2.49. The topological polar surface area (TPSA) is 83.8 Å². The van der Waals surface area contributed by atoms with Crippen LogP contribution < -0.4 is 4.18 Å². The molecular formula is C40H43Cl4F3O5SSi. The third-order valence-electron chi connectivity index (χ3n) is 9.48. The number of hydrogen-bond acceptors (Lipinski definition) is 5. The predicted molar refractivity (Wildman–Crippen MR) is 218 cm³/mol. The molecule has 0 saturated heterocycles. The van der Waals surface area contributed by atoms with Gasteiger partial charge in [-0.15, -0.1) is 5.54 Å². The Labute approximate surface area is 337 Å². The molecule has 292 valence electrons. The molecule has 0 atom stereocenters. The van der Waals surface area contributed by atoms with Gasteiger partial charge in [-0.3, -0.25) is 0 Å². The van der Waals surface area contributed by atoms with Crippen LogP contribution in [0.3, 0.4) is 0 Å². The Morgan fingerprint density at radius 1 is 0.630 bits per heavy atom. The number of halogens is 7. The van der Waals surface area contributed by atoms with Crippen LogP contribution in [0, 0.1) is 11.5 Å². The van der Waals surface area contributed by atoms with Gasteiger partial charge >= 0.3 is 15.6 Å². The zero-order chi connectivity index (χ0) is 40.9. The molecule has 4 rings (SSSR count). The van der Waals surface area contributed by atoms with Gasteiger partial charge in [-0.2, -0.15) is 21.6 Å². The van der Waals surface area contributed by atoms with Crippen molar-refractivity contribution in [1.82, 2.24) is 0 Å². The van der Waals surface area contributed by atoms with Crippen LogP contribution in [-0.2, 0) is 20.9 Å². The molecule has 2 N–H and O–H groups in total. The highest BCUT2D eigenvalue weighted by atomic mass is 35.5. The monoisotopic (exact) mass is 860 g/mol. The summed E-state index contributed by atoms with van der Waals surface area (Å²) in [5.41, 5.74) is 1.52. The maximum atomic E-state index is 12.5. The van der Waals surface area contributed by atoms with Crippen LogP contribution in [0.25, 0.3) is 0 Å². The molecular weight excluding hydrogens is 819 g/mol. The third kappa shape index (κ3) is 10.2. The first-order valence-electron chi connectivity index (χ1n) is 17.1. The summed E-state index contributed by atoms with van der Waals surface area (Å²) >= 11 is 24.8. The van der Waals surface area contributed by atoms with Crippen molar-refractivity contribution in [3.63, 3.8) is 0 Å². The van der Waals surface area contributed by atoms with Gasteiger partial charge in [0.15, 0.2) is 5.75 Å². The maximum Gasteiger partial charge on any atom is 0.534 e. The molecule has 0 fully saturated rings. The van der Waals surface area contributed by atoms with Gasteiger partial charge in [0, 0.05) is 16.4 Å². The van der Waals surface area contributed by atoms with Gasteiger partial charge in [0.1, 0.15) is 19.6 Å². The summed E-state index contributed by atoms with van der Waals surface area (Å²) < 4.78 is 64.2. The van der Waals surface area contributed by atoms with Crippen molar-refractivity contribution >= 4 is 64.6 Å². The zero-order valence-electron chi connectivity index (χ0n) is 30.9. The van der Waals surface area contributed by atoms with E-state index < -0.39 is 34.9 Å². The molecule has 0 amide bonds. The van der Waals surface area contributed by atoms with E-state index in [0.717, 1.165) is 41.2 Å². The molecule has 14 heteroatoms. The molecule has 0 aliphatic carbocycles. The lowest BCUT2D eigenvalue weighted by molar-refractivity contribution is -0.0500. The van der Waals surface area contributed by atoms with Crippen molar-refractivity contribution < 1.29 is 36.0 Å². The fraction of sp³-hybridized carbons (Fsp3) is 0.350. The van der Waals surface area contributed by atoms with E-state index in [4.69, 9.17) is 46.4 Å². The molecule has 0 aliphatic heterocycles. The number of hydrogen-bond donors (Lipinski definition) is 2. The van der Waals surface area contributed by atoms with Gasteiger partial charge in [-0.25, -0.2) is 0 Å². The predicted octanol–water partition coefficient (Wildman–Crippen LogP) is 13.1. The Bertz CT molecular complexity index is 2130. The lowest BCUT2D eigenvalue weighted by Gasteiger charge is -2.33. The molecule has 5 nitrogen and oxygen atoms in total. The summed E-state index contributed by atoms with van der Waals surface area (Å²) in [5, 5.41) is 20.4. The first-order chi connectivity index (χ1) is 25.0. The normalized spacial score (nSPS) is 12.3. The zero-order valence-corrected chi connectivity index (χ0v) is 35.8. The van der Waals surface area contributed by atoms with Crippen molar-refractivity contribution in [3.8, 4) is 28.7 Å². The van der Waals surface area contributed by atoms with Crippen LogP contribution >= 0.6 is 46.4 Å². The minimum absolute atomic E-state index is 0.0781. The highest BCUT2D eigenvalue weighted by molar-refractivity contribution is 7.88. The molecule has 0 spiro atoms. The van der Waals surface area contributed by atoms with E-state index in [1.807, 2.05) is 38.1 Å². The molecule has 0 saturated carbocycles. The second-order valence-electron chi connectivity index (χ2n) is 13.7. The molecule has 0 radical (unpaired) electrons. The van der Waals surface area contributed by atoms with Crippen LogP contribution in [0.5, 0.6) is 17.2 Å². The third-order valence-corrected chi connectivity index (χ3v) is 12.5. The largest absolute Gasteiger partial charge is 0.534 e. The number of aromatic hydroxyl groups is 2. The van der Waals surface area contributed by atoms with E-state index in [2.05, 4.69) is 55.2 Å². The smallest absolute Gasteiger partial charge is 0.506 e. The second-order valence-corrected chi connectivity index (χ2v) is 21.7. The summed E-state index contributed by atoms with van der Waals surface area (Å²) in [4.78, 5) is 0. The quantitative estimate of drug-likeness (QED) is 0.0718. The lowest BCUT2D eigenvalue weighted by atomic mass is 9.70. The fourth-order valence-corrected chi connectivity index (χ4v) is 8.12. The summed E-state index contributed by atoms with van der Waals surface area (Å²) in [7, 11) is -7.27. The van der Waals surface area contributed by atoms with E-state index in [-0.39, 0.29) is 27.0 Å². The van der Waals surface area contributed by atoms with Gasteiger partial charge < -0.3 is 14.4 Å². The van der Waals surface area contributed by atoms with E-state index in [9.17, 15) is 31.8 Å². The van der Waals surface area contributed by atoms with Gasteiger partial charge in [0.05, 0.1) is 20.1 Å². The lowest BCUT2D eigenvalue weighted by Crippen LogP contribution is -2.28. The Morgan fingerprint density at radius 3 is 1.33 bits per heavy atom. The summed E-state index contributed by atoms with van der Waals surface area (Å²) in [5.74, 6) is 2.66. The molecule has 4 aromatic rings. The maximum absolute atomic E-state index is 12.5. The van der Waals surface area contributed by atoms with E-state index in [0.29, 0.717) is 28.5 Å². The Kier molecular flexibility index (Phi) is 15.0. The van der Waals surface area contributed by atoms with Crippen molar-refractivity contribution in [3.05, 3.63) is 121 Å². The van der Waals surface area contributed by atoms with Crippen LogP contribution in [0.2, 0.25) is 39.7 Å². The van der Waals surface area contributed by atoms with E-state index in [1.165, 1.54) is 18.2 Å². The van der Waals surface area contributed by atoms with Gasteiger partial charge in [-0.05, 0) is 96.5 Å². The van der Waals surface area contributed by atoms with Crippen molar-refractivity contribution in [2.45, 2.75) is 89.4 Å². The minimum Gasteiger partial charge on any atom is -0.506 e. The molecule has 0 aromatic heterocycles. The number of phenols is 2. The van der Waals surface area contributed by atoms with E-state index in [1.54, 1.807) is 18.2 Å². The SMILES string of the molecule is CCC(CC)(c1ccc(O)c(Cl)c1)c1ccc(C#C[Si](C)(C)C)c(Cl)c1.CCC(CC)(c1ccc(O)c(Cl)c1)c1ccc(OS(=O)(=O)C(F)(F)F)c(Cl)c1. The van der Waals surface area contributed by atoms with Crippen molar-refractivity contribution in [2.75, 3.05) is 0 Å². The Balaban J connectivity index is 0.000000291. The molecule has 0 aliphatic rings. The number of benzene rings is 4.